The molecule has 0 aliphatic carbocycles. The number of pyridine rings is 1. The summed E-state index contributed by atoms with van der Waals surface area (Å²) < 4.78 is 0. The fourth-order valence-electron chi connectivity index (χ4n) is 7.01. The van der Waals surface area contributed by atoms with Crippen molar-refractivity contribution in [1.82, 2.24) is 4.98 Å². The third-order valence-electron chi connectivity index (χ3n) is 9.15. The lowest BCUT2D eigenvalue weighted by atomic mass is 9.88. The lowest BCUT2D eigenvalue weighted by Crippen LogP contribution is -1.92. The van der Waals surface area contributed by atoms with Gasteiger partial charge in [-0.1, -0.05) is 145 Å². The Hall–Kier alpha value is -5.70. The van der Waals surface area contributed by atoms with Crippen LogP contribution in [0.5, 0.6) is 0 Å². The molecule has 0 amide bonds. The molecule has 0 spiro atoms. The average Bonchev–Trinajstić information content (AvgIpc) is 3.15. The fraction of sp³-hybridized carbons (Fsp3) is 0. The van der Waals surface area contributed by atoms with Gasteiger partial charge in [-0.3, -0.25) is 4.98 Å². The highest BCUT2D eigenvalue weighted by Crippen LogP contribution is 2.48. The zero-order valence-corrected chi connectivity index (χ0v) is 26.4. The van der Waals surface area contributed by atoms with Crippen molar-refractivity contribution in [2.45, 2.75) is 9.79 Å². The Kier molecular flexibility index (Phi) is 6.80. The molecule has 0 unspecified atom stereocenters. The van der Waals surface area contributed by atoms with E-state index in [1.165, 1.54) is 80.9 Å². The largest absolute Gasteiger partial charge is 0.264 e. The van der Waals surface area contributed by atoms with Crippen LogP contribution in [0, 0.1) is 0 Å². The summed E-state index contributed by atoms with van der Waals surface area (Å²) in [6.45, 7) is 0. The second-order valence-electron chi connectivity index (χ2n) is 11.9. The predicted octanol–water partition coefficient (Wildman–Crippen LogP) is 12.8. The van der Waals surface area contributed by atoms with Crippen LogP contribution in [0.15, 0.2) is 186 Å². The van der Waals surface area contributed by atoms with Crippen LogP contribution in [-0.2, 0) is 0 Å². The third kappa shape index (κ3) is 4.86. The normalized spacial score (nSPS) is 11.5. The minimum atomic E-state index is 1.16. The smallest absolute Gasteiger partial charge is 0.0353 e. The van der Waals surface area contributed by atoms with Gasteiger partial charge in [0, 0.05) is 27.6 Å². The third-order valence-corrected chi connectivity index (χ3v) is 10.3. The summed E-state index contributed by atoms with van der Waals surface area (Å²) in [6.07, 6.45) is 3.99. The van der Waals surface area contributed by atoms with Crippen LogP contribution in [0.2, 0.25) is 0 Å². The number of aromatic nitrogens is 1. The van der Waals surface area contributed by atoms with Gasteiger partial charge in [-0.05, 0) is 101 Å². The lowest BCUT2D eigenvalue weighted by molar-refractivity contribution is 1.36. The van der Waals surface area contributed by atoms with Crippen molar-refractivity contribution in [2.24, 2.45) is 0 Å². The van der Waals surface area contributed by atoms with Gasteiger partial charge in [-0.2, -0.15) is 0 Å². The van der Waals surface area contributed by atoms with Gasteiger partial charge < -0.3 is 0 Å². The monoisotopic (exact) mass is 615 g/mol. The molecule has 0 aliphatic heterocycles. The van der Waals surface area contributed by atoms with E-state index in [9.17, 15) is 0 Å². The standard InChI is InChI=1S/C45H29NS/c1-3-13-30(14-4-1)33-25-34(31-15-5-2-6-16-31)27-35(26-33)47-45-40-22-12-11-21-39(40)44(43-29-46-24-23-41(43)45)42-28-32-17-7-8-18-36(32)37-19-9-10-20-38(37)42/h1-29H. The Labute approximate surface area is 278 Å². The van der Waals surface area contributed by atoms with E-state index in [1.54, 1.807) is 0 Å². The van der Waals surface area contributed by atoms with Gasteiger partial charge in [0.25, 0.3) is 0 Å². The molecule has 47 heavy (non-hydrogen) atoms. The predicted molar refractivity (Wildman–Crippen MR) is 201 cm³/mol. The number of rotatable bonds is 5. The van der Waals surface area contributed by atoms with E-state index >= 15 is 0 Å². The maximum atomic E-state index is 4.69. The summed E-state index contributed by atoms with van der Waals surface area (Å²) in [7, 11) is 0. The van der Waals surface area contributed by atoms with Gasteiger partial charge in [-0.25, -0.2) is 0 Å². The number of fused-ring (bicyclic) bond motifs is 5. The van der Waals surface area contributed by atoms with Crippen LogP contribution in [0.25, 0.3) is 76.5 Å². The number of benzene rings is 8. The van der Waals surface area contributed by atoms with Gasteiger partial charge in [-0.15, -0.1) is 0 Å². The Morgan fingerprint density at radius 2 is 0.936 bits per heavy atom. The fourth-order valence-corrected chi connectivity index (χ4v) is 8.20. The molecule has 0 saturated heterocycles. The summed E-state index contributed by atoms with van der Waals surface area (Å²) >= 11 is 1.85. The van der Waals surface area contributed by atoms with Crippen LogP contribution in [0.4, 0.5) is 0 Å². The van der Waals surface area contributed by atoms with Crippen LogP contribution in [-0.4, -0.2) is 4.98 Å². The highest BCUT2D eigenvalue weighted by molar-refractivity contribution is 7.99. The first-order valence-electron chi connectivity index (χ1n) is 15.9. The average molecular weight is 616 g/mol. The summed E-state index contributed by atoms with van der Waals surface area (Å²) in [4.78, 5) is 7.15. The van der Waals surface area contributed by atoms with Crippen molar-refractivity contribution < 1.29 is 0 Å². The van der Waals surface area contributed by atoms with Crippen molar-refractivity contribution in [2.75, 3.05) is 0 Å². The Balaban J connectivity index is 1.31. The molecule has 0 radical (unpaired) electrons. The first kappa shape index (κ1) is 27.6. The molecule has 220 valence electrons. The summed E-state index contributed by atoms with van der Waals surface area (Å²) in [6, 6.07) is 59.3. The topological polar surface area (TPSA) is 12.9 Å². The first-order valence-corrected chi connectivity index (χ1v) is 16.8. The van der Waals surface area contributed by atoms with Crippen molar-refractivity contribution in [3.8, 4) is 33.4 Å². The molecule has 9 aromatic rings. The summed E-state index contributed by atoms with van der Waals surface area (Å²) in [5.41, 5.74) is 7.32. The van der Waals surface area contributed by atoms with Crippen LogP contribution < -0.4 is 0 Å². The van der Waals surface area contributed by atoms with E-state index in [0.29, 0.717) is 0 Å². The minimum Gasteiger partial charge on any atom is -0.264 e. The Morgan fingerprint density at radius 3 is 1.64 bits per heavy atom. The van der Waals surface area contributed by atoms with Crippen LogP contribution in [0.3, 0.4) is 0 Å². The highest BCUT2D eigenvalue weighted by atomic mass is 32.2. The van der Waals surface area contributed by atoms with Gasteiger partial charge >= 0.3 is 0 Å². The molecular formula is C45H29NS. The second kappa shape index (κ2) is 11.6. The van der Waals surface area contributed by atoms with E-state index in [-0.39, 0.29) is 0 Å². The van der Waals surface area contributed by atoms with Gasteiger partial charge in [0.1, 0.15) is 0 Å². The number of nitrogens with zero attached hydrogens (tertiary/aromatic N) is 1. The number of hydrogen-bond acceptors (Lipinski definition) is 2. The van der Waals surface area contributed by atoms with Gasteiger partial charge in [0.05, 0.1) is 0 Å². The molecular weight excluding hydrogens is 587 g/mol. The maximum Gasteiger partial charge on any atom is 0.0353 e. The van der Waals surface area contributed by atoms with Gasteiger partial charge in [0.15, 0.2) is 0 Å². The van der Waals surface area contributed by atoms with Gasteiger partial charge in [0.2, 0.25) is 0 Å². The van der Waals surface area contributed by atoms with E-state index < -0.39 is 0 Å². The molecule has 9 rings (SSSR count). The first-order chi connectivity index (χ1) is 23.3. The molecule has 0 atom stereocenters. The quantitative estimate of drug-likeness (QED) is 0.141. The second-order valence-corrected chi connectivity index (χ2v) is 13.0. The van der Waals surface area contributed by atoms with Crippen molar-refractivity contribution in [3.05, 3.63) is 176 Å². The summed E-state index contributed by atoms with van der Waals surface area (Å²) in [5.74, 6) is 0. The minimum absolute atomic E-state index is 1.16. The van der Waals surface area contributed by atoms with E-state index in [0.717, 1.165) is 5.39 Å². The van der Waals surface area contributed by atoms with E-state index in [1.807, 2.05) is 18.0 Å². The van der Waals surface area contributed by atoms with Crippen molar-refractivity contribution >= 4 is 54.9 Å². The molecule has 2 heteroatoms. The van der Waals surface area contributed by atoms with Crippen LogP contribution in [0.1, 0.15) is 0 Å². The zero-order valence-electron chi connectivity index (χ0n) is 25.6. The maximum absolute atomic E-state index is 4.69. The Bertz CT molecular complexity index is 2480. The Morgan fingerprint density at radius 1 is 0.383 bits per heavy atom. The molecule has 8 aromatic carbocycles. The molecule has 0 N–H and O–H groups in total. The molecule has 1 heterocycles. The molecule has 1 nitrogen and oxygen atoms in total. The summed E-state index contributed by atoms with van der Waals surface area (Å²) in [5, 5.41) is 9.90. The van der Waals surface area contributed by atoms with E-state index in [4.69, 9.17) is 4.98 Å². The van der Waals surface area contributed by atoms with Crippen molar-refractivity contribution in [3.63, 3.8) is 0 Å². The lowest BCUT2D eigenvalue weighted by Gasteiger charge is -2.19. The zero-order chi connectivity index (χ0) is 31.2. The SMILES string of the molecule is c1ccc(-c2cc(Sc3c4ccccc4c(-c4cc5ccccc5c5ccccc45)c4cnccc34)cc(-c3ccccc3)c2)cc1. The number of hydrogen-bond donors (Lipinski definition) is 0. The highest BCUT2D eigenvalue weighted by Gasteiger charge is 2.19. The van der Waals surface area contributed by atoms with Crippen molar-refractivity contribution in [1.29, 1.82) is 0 Å². The molecule has 1 aromatic heterocycles. The molecule has 0 aliphatic rings. The molecule has 0 fully saturated rings. The van der Waals surface area contributed by atoms with Crippen LogP contribution >= 0.6 is 11.8 Å². The molecule has 0 saturated carbocycles. The van der Waals surface area contributed by atoms with E-state index in [2.05, 4.69) is 170 Å². The molecule has 0 bridgehead atoms.